The number of esters is 1. The minimum atomic E-state index is -1.81. The Morgan fingerprint density at radius 1 is 1.12 bits per heavy atom. The number of aryl methyl sites for hydroxylation is 1. The van der Waals surface area contributed by atoms with Crippen molar-refractivity contribution < 1.29 is 39.1 Å². The number of ether oxygens (including phenoxy) is 4. The molecule has 3 aliphatic rings. The molecule has 0 saturated carbocycles. The molecule has 4 atom stereocenters. The van der Waals surface area contributed by atoms with Crippen molar-refractivity contribution in [2.45, 2.75) is 57.7 Å². The minimum Gasteiger partial charge on any atom is -0.508 e. The molecule has 2 heterocycles. The van der Waals surface area contributed by atoms with Crippen LogP contribution >= 0.6 is 0 Å². The third-order valence-electron chi connectivity index (χ3n) is 6.91. The summed E-state index contributed by atoms with van der Waals surface area (Å²) < 4.78 is 24.7. The van der Waals surface area contributed by atoms with Crippen molar-refractivity contribution in [2.24, 2.45) is 5.92 Å². The summed E-state index contributed by atoms with van der Waals surface area (Å²) in [6.07, 6.45) is -0.767. The fraction of sp³-hybridized carbons (Fsp3) is 0.458. The predicted molar refractivity (Wildman–Crippen MR) is 112 cm³/mol. The minimum absolute atomic E-state index is 0.0974. The molecule has 32 heavy (non-hydrogen) atoms. The van der Waals surface area contributed by atoms with E-state index in [1.54, 1.807) is 26.0 Å². The van der Waals surface area contributed by atoms with Gasteiger partial charge in [-0.15, -0.1) is 0 Å². The van der Waals surface area contributed by atoms with E-state index in [0.717, 1.165) is 0 Å². The van der Waals surface area contributed by atoms with Gasteiger partial charge in [0.25, 0.3) is 0 Å². The number of hydrogen-bond donors (Lipinski definition) is 3. The maximum Gasteiger partial charge on any atom is 0.302 e. The van der Waals surface area contributed by atoms with Crippen LogP contribution < -0.4 is 9.47 Å². The zero-order valence-electron chi connectivity index (χ0n) is 18.6. The molecule has 170 valence electrons. The van der Waals surface area contributed by atoms with E-state index < -0.39 is 35.0 Å². The zero-order chi connectivity index (χ0) is 23.2. The monoisotopic (exact) mass is 442 g/mol. The van der Waals surface area contributed by atoms with Crippen LogP contribution in [0.2, 0.25) is 0 Å². The highest BCUT2D eigenvalue weighted by Gasteiger charge is 2.70. The maximum absolute atomic E-state index is 12.1. The number of carbonyl (C=O) groups is 1. The van der Waals surface area contributed by atoms with Gasteiger partial charge >= 0.3 is 5.97 Å². The van der Waals surface area contributed by atoms with Gasteiger partial charge in [0.2, 0.25) is 5.79 Å². The van der Waals surface area contributed by atoms with Gasteiger partial charge in [-0.2, -0.15) is 0 Å². The summed E-state index contributed by atoms with van der Waals surface area (Å²) in [5.74, 6) is -2.46. The number of carbonyl (C=O) groups excluding carboxylic acids is 1. The number of benzene rings is 2. The second kappa shape index (κ2) is 6.30. The van der Waals surface area contributed by atoms with Gasteiger partial charge < -0.3 is 34.3 Å². The SMILES string of the molecule is CC(=O)OC[C@H]1O[C@]23Oc4cccc(O)c4[C@](O)(c4c(O)cc(C)c(c42)OC1(C)C)[C@H]3C. The lowest BCUT2D eigenvalue weighted by Gasteiger charge is -2.45. The van der Waals surface area contributed by atoms with Crippen LogP contribution in [-0.4, -0.2) is 39.6 Å². The molecule has 0 fully saturated rings. The lowest BCUT2D eigenvalue weighted by atomic mass is 9.77. The van der Waals surface area contributed by atoms with E-state index in [1.165, 1.54) is 19.1 Å². The fourth-order valence-corrected chi connectivity index (χ4v) is 5.27. The van der Waals surface area contributed by atoms with Gasteiger partial charge in [-0.3, -0.25) is 4.79 Å². The first-order chi connectivity index (χ1) is 14.9. The molecule has 0 unspecified atom stereocenters. The van der Waals surface area contributed by atoms with Gasteiger partial charge in [-0.05, 0) is 44.5 Å². The van der Waals surface area contributed by atoms with Crippen molar-refractivity contribution in [1.82, 2.24) is 0 Å². The topological polar surface area (TPSA) is 115 Å². The van der Waals surface area contributed by atoms with Crippen molar-refractivity contribution in [3.63, 3.8) is 0 Å². The van der Waals surface area contributed by atoms with E-state index in [4.69, 9.17) is 18.9 Å². The molecule has 2 aromatic carbocycles. The van der Waals surface area contributed by atoms with Gasteiger partial charge in [0.05, 0.1) is 17.0 Å². The Labute approximate surface area is 185 Å². The van der Waals surface area contributed by atoms with Crippen LogP contribution in [0.25, 0.3) is 0 Å². The van der Waals surface area contributed by atoms with Gasteiger partial charge in [0, 0.05) is 12.5 Å². The largest absolute Gasteiger partial charge is 0.508 e. The van der Waals surface area contributed by atoms with Crippen molar-refractivity contribution in [2.75, 3.05) is 6.61 Å². The first-order valence-electron chi connectivity index (χ1n) is 10.5. The normalized spacial score (nSPS) is 30.9. The van der Waals surface area contributed by atoms with Gasteiger partial charge in [-0.25, -0.2) is 0 Å². The van der Waals surface area contributed by atoms with Crippen LogP contribution in [0.1, 0.15) is 49.9 Å². The molecule has 2 bridgehead atoms. The smallest absolute Gasteiger partial charge is 0.302 e. The Morgan fingerprint density at radius 3 is 2.53 bits per heavy atom. The van der Waals surface area contributed by atoms with Crippen LogP contribution in [0.15, 0.2) is 24.3 Å². The molecule has 1 aliphatic carbocycles. The molecule has 5 rings (SSSR count). The maximum atomic E-state index is 12.1. The summed E-state index contributed by atoms with van der Waals surface area (Å²) in [6.45, 7) is 8.36. The van der Waals surface area contributed by atoms with Crippen molar-refractivity contribution in [1.29, 1.82) is 0 Å². The fourth-order valence-electron chi connectivity index (χ4n) is 5.27. The standard InChI is InChI=1S/C24H26O8/c1-11-9-15(27)19-20-21(11)32-22(4,5)17(10-29-13(3)25)31-24(20)12(2)23(19,28)18-14(26)7-6-8-16(18)30-24/h6-9,12,17,26-28H,10H2,1-5H3/t12-,17-,23+,24+/m1/s1. The Hall–Kier alpha value is -2.97. The summed E-state index contributed by atoms with van der Waals surface area (Å²) in [5.41, 5.74) is -1.41. The van der Waals surface area contributed by atoms with Crippen LogP contribution in [0.5, 0.6) is 23.0 Å². The van der Waals surface area contributed by atoms with Gasteiger partial charge in [-0.1, -0.05) is 13.0 Å². The third-order valence-corrected chi connectivity index (χ3v) is 6.91. The number of aliphatic hydroxyl groups is 1. The number of fused-ring (bicyclic) bond motifs is 4. The van der Waals surface area contributed by atoms with Gasteiger partial charge in [0.15, 0.2) is 0 Å². The first-order valence-corrected chi connectivity index (χ1v) is 10.5. The Bertz CT molecular complexity index is 1160. The third kappa shape index (κ3) is 2.42. The number of aromatic hydroxyl groups is 2. The van der Waals surface area contributed by atoms with E-state index in [1.807, 2.05) is 13.8 Å². The highest BCUT2D eigenvalue weighted by molar-refractivity contribution is 5.69. The molecule has 2 aromatic rings. The Morgan fingerprint density at radius 2 is 1.84 bits per heavy atom. The van der Waals surface area contributed by atoms with Crippen molar-refractivity contribution >= 4 is 5.97 Å². The number of rotatable bonds is 2. The average Bonchev–Trinajstić information content (AvgIpc) is 2.77. The molecule has 0 saturated heterocycles. The molecular weight excluding hydrogens is 416 g/mol. The molecule has 1 spiro atoms. The van der Waals surface area contributed by atoms with E-state index >= 15 is 0 Å². The number of phenols is 2. The van der Waals surface area contributed by atoms with Gasteiger partial charge in [0.1, 0.15) is 46.9 Å². The Kier molecular flexibility index (Phi) is 4.11. The number of hydrogen-bond acceptors (Lipinski definition) is 8. The summed E-state index contributed by atoms with van der Waals surface area (Å²) in [6, 6.07) is 6.22. The highest BCUT2D eigenvalue weighted by atomic mass is 16.7. The van der Waals surface area contributed by atoms with Crippen LogP contribution in [-0.2, 0) is 25.7 Å². The molecule has 8 heteroatoms. The highest BCUT2D eigenvalue weighted by Crippen LogP contribution is 2.68. The van der Waals surface area contributed by atoms with Crippen LogP contribution in [0, 0.1) is 12.8 Å². The molecule has 0 radical (unpaired) electrons. The lowest BCUT2D eigenvalue weighted by molar-refractivity contribution is -0.290. The first kappa shape index (κ1) is 20.9. The van der Waals surface area contributed by atoms with Crippen LogP contribution in [0.3, 0.4) is 0 Å². The second-order valence-electron chi connectivity index (χ2n) is 9.31. The molecule has 3 N–H and O–H groups in total. The molecular formula is C24H26O8. The average molecular weight is 442 g/mol. The lowest BCUT2D eigenvalue weighted by Crippen LogP contribution is -2.54. The molecule has 0 amide bonds. The van der Waals surface area contributed by atoms with E-state index in [9.17, 15) is 20.1 Å². The van der Waals surface area contributed by atoms with Crippen molar-refractivity contribution in [3.8, 4) is 23.0 Å². The van der Waals surface area contributed by atoms with E-state index in [2.05, 4.69) is 0 Å². The van der Waals surface area contributed by atoms with Crippen molar-refractivity contribution in [3.05, 3.63) is 46.5 Å². The second-order valence-corrected chi connectivity index (χ2v) is 9.31. The predicted octanol–water partition coefficient (Wildman–Crippen LogP) is 2.96. The quantitative estimate of drug-likeness (QED) is 0.608. The van der Waals surface area contributed by atoms with Crippen LogP contribution in [0.4, 0.5) is 0 Å². The molecule has 2 aliphatic heterocycles. The van der Waals surface area contributed by atoms with E-state index in [-0.39, 0.29) is 35.0 Å². The summed E-state index contributed by atoms with van der Waals surface area (Å²) >= 11 is 0. The Balaban J connectivity index is 1.84. The van der Waals surface area contributed by atoms with E-state index in [0.29, 0.717) is 16.9 Å². The summed E-state index contributed by atoms with van der Waals surface area (Å²) in [7, 11) is 0. The molecule has 0 aromatic heterocycles. The summed E-state index contributed by atoms with van der Waals surface area (Å²) in [5, 5.41) is 33.8. The number of phenolic OH excluding ortho intramolecular Hbond substituents is 2. The zero-order valence-corrected chi connectivity index (χ0v) is 18.6. The molecule has 8 nitrogen and oxygen atoms in total. The summed E-state index contributed by atoms with van der Waals surface area (Å²) in [4.78, 5) is 11.5.